The van der Waals surface area contributed by atoms with Gasteiger partial charge in [0.1, 0.15) is 0 Å². The third-order valence-electron chi connectivity index (χ3n) is 4.46. The van der Waals surface area contributed by atoms with Crippen LogP contribution in [-0.4, -0.2) is 72.0 Å². The van der Waals surface area contributed by atoms with Crippen molar-refractivity contribution in [2.75, 3.05) is 45.9 Å². The molecule has 2 fully saturated rings. The maximum absolute atomic E-state index is 10.0. The molecule has 1 saturated carbocycles. The van der Waals surface area contributed by atoms with E-state index in [1.807, 2.05) is 0 Å². The van der Waals surface area contributed by atoms with E-state index in [1.165, 1.54) is 25.7 Å². The quantitative estimate of drug-likeness (QED) is 0.770. The van der Waals surface area contributed by atoms with Gasteiger partial charge in [-0.3, -0.25) is 4.90 Å². The van der Waals surface area contributed by atoms with Crippen LogP contribution in [0.1, 0.15) is 32.1 Å². The Balaban J connectivity index is 1.75. The smallest absolute Gasteiger partial charge is 0.0580 e. The van der Waals surface area contributed by atoms with Crippen LogP contribution in [0, 0.1) is 5.92 Å². The lowest BCUT2D eigenvalue weighted by molar-refractivity contribution is 0.0471. The Bertz CT molecular complexity index is 238. The van der Waals surface area contributed by atoms with Crippen molar-refractivity contribution in [2.45, 2.75) is 38.2 Å². The number of aliphatic hydroxyl groups is 2. The Kier molecular flexibility index (Phi) is 5.89. The summed E-state index contributed by atoms with van der Waals surface area (Å²) < 4.78 is 0. The van der Waals surface area contributed by atoms with Gasteiger partial charge >= 0.3 is 0 Å². The van der Waals surface area contributed by atoms with Crippen molar-refractivity contribution >= 4 is 0 Å². The van der Waals surface area contributed by atoms with Crippen molar-refractivity contribution in [3.05, 3.63) is 0 Å². The Labute approximate surface area is 111 Å². The molecule has 0 radical (unpaired) electrons. The van der Waals surface area contributed by atoms with Crippen molar-refractivity contribution in [3.8, 4) is 0 Å². The lowest BCUT2D eigenvalue weighted by atomic mass is 9.86. The van der Waals surface area contributed by atoms with Crippen LogP contribution >= 0.6 is 0 Å². The zero-order valence-corrected chi connectivity index (χ0v) is 11.4. The summed E-state index contributed by atoms with van der Waals surface area (Å²) in [5.41, 5.74) is 0. The predicted octanol–water partition coefficient (Wildman–Crippen LogP) is 0.537. The summed E-state index contributed by atoms with van der Waals surface area (Å²) in [6.45, 7) is 6.53. The molecule has 2 unspecified atom stereocenters. The number of nitrogens with zero attached hydrogens (tertiary/aromatic N) is 2. The zero-order valence-electron chi connectivity index (χ0n) is 11.4. The van der Waals surface area contributed by atoms with Crippen LogP contribution in [-0.2, 0) is 0 Å². The number of β-amino-alcohol motifs (C(OH)–C–C–N with tert-alkyl or cyclic N) is 1. The molecule has 0 spiro atoms. The van der Waals surface area contributed by atoms with E-state index in [4.69, 9.17) is 5.11 Å². The normalized spacial score (nSPS) is 32.3. The lowest BCUT2D eigenvalue weighted by Crippen LogP contribution is -2.39. The van der Waals surface area contributed by atoms with Gasteiger partial charge < -0.3 is 15.1 Å². The maximum Gasteiger partial charge on any atom is 0.0580 e. The van der Waals surface area contributed by atoms with Gasteiger partial charge in [-0.1, -0.05) is 12.8 Å². The zero-order chi connectivity index (χ0) is 12.8. The Morgan fingerprint density at radius 3 is 2.39 bits per heavy atom. The third-order valence-corrected chi connectivity index (χ3v) is 4.46. The molecule has 0 aromatic rings. The highest BCUT2D eigenvalue weighted by molar-refractivity contribution is 4.79. The Morgan fingerprint density at radius 1 is 0.889 bits per heavy atom. The van der Waals surface area contributed by atoms with Crippen LogP contribution in [0.15, 0.2) is 0 Å². The van der Waals surface area contributed by atoms with Crippen molar-refractivity contribution in [1.82, 2.24) is 9.80 Å². The average Bonchev–Trinajstić information content (AvgIpc) is 2.59. The molecule has 18 heavy (non-hydrogen) atoms. The SMILES string of the molecule is OCCN1CCCN(CC2CCCCC2O)CC1. The van der Waals surface area contributed by atoms with Crippen LogP contribution in [0.5, 0.6) is 0 Å². The molecule has 4 heteroatoms. The molecule has 4 nitrogen and oxygen atoms in total. The van der Waals surface area contributed by atoms with Gasteiger partial charge in [0.2, 0.25) is 0 Å². The van der Waals surface area contributed by atoms with E-state index in [0.29, 0.717) is 5.92 Å². The maximum atomic E-state index is 10.0. The summed E-state index contributed by atoms with van der Waals surface area (Å²) in [4.78, 5) is 4.86. The van der Waals surface area contributed by atoms with Crippen molar-refractivity contribution in [2.24, 2.45) is 5.92 Å². The van der Waals surface area contributed by atoms with E-state index in [1.54, 1.807) is 0 Å². The molecule has 2 rings (SSSR count). The molecule has 106 valence electrons. The molecule has 0 bridgehead atoms. The minimum absolute atomic E-state index is 0.0736. The van der Waals surface area contributed by atoms with Crippen molar-refractivity contribution in [1.29, 1.82) is 0 Å². The second-order valence-corrected chi connectivity index (χ2v) is 5.83. The van der Waals surface area contributed by atoms with Crippen LogP contribution in [0.2, 0.25) is 0 Å². The van der Waals surface area contributed by atoms with Gasteiger partial charge in [-0.05, 0) is 38.3 Å². The minimum atomic E-state index is -0.0736. The molecule has 1 aliphatic heterocycles. The number of hydrogen-bond acceptors (Lipinski definition) is 4. The van der Waals surface area contributed by atoms with Crippen LogP contribution < -0.4 is 0 Å². The molecule has 2 aliphatic rings. The molecular weight excluding hydrogens is 228 g/mol. The van der Waals surface area contributed by atoms with Crippen LogP contribution in [0.3, 0.4) is 0 Å². The van der Waals surface area contributed by atoms with E-state index in [9.17, 15) is 5.11 Å². The topological polar surface area (TPSA) is 46.9 Å². The number of rotatable bonds is 4. The Hall–Kier alpha value is -0.160. The minimum Gasteiger partial charge on any atom is -0.395 e. The molecule has 1 saturated heterocycles. The van der Waals surface area contributed by atoms with E-state index >= 15 is 0 Å². The molecule has 0 aromatic heterocycles. The molecule has 0 amide bonds. The van der Waals surface area contributed by atoms with Gasteiger partial charge in [0.15, 0.2) is 0 Å². The van der Waals surface area contributed by atoms with E-state index in [0.717, 1.165) is 45.7 Å². The van der Waals surface area contributed by atoms with E-state index < -0.39 is 0 Å². The molecule has 2 N–H and O–H groups in total. The Morgan fingerprint density at radius 2 is 1.61 bits per heavy atom. The molecule has 1 heterocycles. The lowest BCUT2D eigenvalue weighted by Gasteiger charge is -2.32. The first-order chi connectivity index (χ1) is 8.79. The third kappa shape index (κ3) is 4.19. The highest BCUT2D eigenvalue weighted by Crippen LogP contribution is 2.25. The first-order valence-corrected chi connectivity index (χ1v) is 7.53. The fraction of sp³-hybridized carbons (Fsp3) is 1.00. The highest BCUT2D eigenvalue weighted by atomic mass is 16.3. The van der Waals surface area contributed by atoms with Crippen LogP contribution in [0.25, 0.3) is 0 Å². The molecule has 2 atom stereocenters. The van der Waals surface area contributed by atoms with E-state index in [-0.39, 0.29) is 12.7 Å². The summed E-state index contributed by atoms with van der Waals surface area (Å²) >= 11 is 0. The predicted molar refractivity (Wildman–Crippen MR) is 72.5 cm³/mol. The summed E-state index contributed by atoms with van der Waals surface area (Å²) in [6.07, 6.45) is 5.78. The summed E-state index contributed by atoms with van der Waals surface area (Å²) in [5, 5.41) is 19.0. The van der Waals surface area contributed by atoms with Gasteiger partial charge in [-0.25, -0.2) is 0 Å². The number of hydrogen-bond donors (Lipinski definition) is 2. The fourth-order valence-electron chi connectivity index (χ4n) is 3.30. The standard InChI is InChI=1S/C14H28N2O2/c17-11-10-15-6-3-7-16(9-8-15)12-13-4-1-2-5-14(13)18/h13-14,17-18H,1-12H2. The fourth-order valence-corrected chi connectivity index (χ4v) is 3.30. The van der Waals surface area contributed by atoms with Gasteiger partial charge in [-0.15, -0.1) is 0 Å². The van der Waals surface area contributed by atoms with Crippen LogP contribution in [0.4, 0.5) is 0 Å². The largest absolute Gasteiger partial charge is 0.395 e. The van der Waals surface area contributed by atoms with Gasteiger partial charge in [0.25, 0.3) is 0 Å². The summed E-state index contributed by atoms with van der Waals surface area (Å²) in [7, 11) is 0. The van der Waals surface area contributed by atoms with Crippen molar-refractivity contribution < 1.29 is 10.2 Å². The monoisotopic (exact) mass is 256 g/mol. The molecule has 1 aliphatic carbocycles. The van der Waals surface area contributed by atoms with Gasteiger partial charge in [0.05, 0.1) is 12.7 Å². The first kappa shape index (κ1) is 14.3. The van der Waals surface area contributed by atoms with Crippen molar-refractivity contribution in [3.63, 3.8) is 0 Å². The summed E-state index contributed by atoms with van der Waals surface area (Å²) in [5.74, 6) is 0.489. The molecule has 0 aromatic carbocycles. The van der Waals surface area contributed by atoms with Gasteiger partial charge in [0, 0.05) is 26.2 Å². The van der Waals surface area contributed by atoms with E-state index in [2.05, 4.69) is 9.80 Å². The number of aliphatic hydroxyl groups excluding tert-OH is 2. The average molecular weight is 256 g/mol. The van der Waals surface area contributed by atoms with Gasteiger partial charge in [-0.2, -0.15) is 0 Å². The summed E-state index contributed by atoms with van der Waals surface area (Å²) in [6, 6.07) is 0. The second kappa shape index (κ2) is 7.43. The second-order valence-electron chi connectivity index (χ2n) is 5.83. The highest BCUT2D eigenvalue weighted by Gasteiger charge is 2.25. The molecular formula is C14H28N2O2. The first-order valence-electron chi connectivity index (χ1n) is 7.53.